The molecule has 2 aromatic carbocycles. The van der Waals surface area contributed by atoms with Crippen LogP contribution in [-0.4, -0.2) is 33.0 Å². The topological polar surface area (TPSA) is 47.9 Å². The summed E-state index contributed by atoms with van der Waals surface area (Å²) < 4.78 is 15.7. The summed E-state index contributed by atoms with van der Waals surface area (Å²) in [5, 5.41) is 9.66. The van der Waals surface area contributed by atoms with E-state index in [0.29, 0.717) is 11.5 Å². The predicted molar refractivity (Wildman–Crippen MR) is 87.5 cm³/mol. The van der Waals surface area contributed by atoms with Crippen molar-refractivity contribution >= 4 is 11.6 Å². The summed E-state index contributed by atoms with van der Waals surface area (Å²) in [5.41, 5.74) is 2.64. The molecule has 0 atom stereocenters. The molecule has 0 aliphatic heterocycles. The van der Waals surface area contributed by atoms with Gasteiger partial charge in [-0.3, -0.25) is 0 Å². The van der Waals surface area contributed by atoms with Crippen LogP contribution in [0.25, 0.3) is 11.6 Å². The Labute approximate surface area is 130 Å². The van der Waals surface area contributed by atoms with Gasteiger partial charge in [-0.05, 0) is 47.0 Å². The third-order valence-electron chi connectivity index (χ3n) is 3.35. The number of ether oxygens (including phenoxy) is 3. The van der Waals surface area contributed by atoms with Crippen LogP contribution in [0.3, 0.4) is 0 Å². The molecule has 0 aromatic heterocycles. The van der Waals surface area contributed by atoms with Crippen LogP contribution in [0.5, 0.6) is 17.2 Å². The van der Waals surface area contributed by atoms with Crippen molar-refractivity contribution in [2.45, 2.75) is 0 Å². The van der Waals surface area contributed by atoms with Crippen molar-refractivity contribution in [1.82, 2.24) is 0 Å². The number of aliphatic hydroxyl groups excluding tert-OH is 1. The summed E-state index contributed by atoms with van der Waals surface area (Å²) >= 11 is 0. The molecule has 116 valence electrons. The van der Waals surface area contributed by atoms with E-state index >= 15 is 0 Å². The first-order valence-electron chi connectivity index (χ1n) is 6.89. The van der Waals surface area contributed by atoms with Crippen molar-refractivity contribution in [2.75, 3.05) is 27.9 Å². The molecule has 0 unspecified atom stereocenters. The first-order valence-corrected chi connectivity index (χ1v) is 6.89. The van der Waals surface area contributed by atoms with Crippen molar-refractivity contribution < 1.29 is 19.3 Å². The smallest absolute Gasteiger partial charge is 0.123 e. The van der Waals surface area contributed by atoms with Gasteiger partial charge in [-0.1, -0.05) is 12.1 Å². The lowest BCUT2D eigenvalue weighted by Gasteiger charge is -2.09. The monoisotopic (exact) mass is 300 g/mol. The zero-order valence-corrected chi connectivity index (χ0v) is 13.0. The molecule has 0 aliphatic carbocycles. The fourth-order valence-electron chi connectivity index (χ4n) is 2.14. The van der Waals surface area contributed by atoms with Crippen molar-refractivity contribution in [1.29, 1.82) is 0 Å². The molecule has 0 aliphatic rings. The third kappa shape index (κ3) is 3.80. The van der Waals surface area contributed by atoms with Crippen LogP contribution in [0.15, 0.2) is 42.5 Å². The fraction of sp³-hybridized carbons (Fsp3) is 0.222. The van der Waals surface area contributed by atoms with Crippen LogP contribution in [0.1, 0.15) is 11.1 Å². The van der Waals surface area contributed by atoms with Gasteiger partial charge in [0, 0.05) is 6.07 Å². The second-order valence-electron chi connectivity index (χ2n) is 4.70. The van der Waals surface area contributed by atoms with Crippen LogP contribution >= 0.6 is 0 Å². The van der Waals surface area contributed by atoms with Gasteiger partial charge in [-0.25, -0.2) is 0 Å². The molecule has 0 heterocycles. The highest BCUT2D eigenvalue weighted by Gasteiger charge is 2.04. The average molecular weight is 300 g/mol. The lowest BCUT2D eigenvalue weighted by molar-refractivity contribution is 0.350. The number of hydrogen-bond acceptors (Lipinski definition) is 4. The van der Waals surface area contributed by atoms with Gasteiger partial charge in [-0.15, -0.1) is 0 Å². The fourth-order valence-corrected chi connectivity index (χ4v) is 2.14. The van der Waals surface area contributed by atoms with E-state index in [1.54, 1.807) is 21.3 Å². The number of benzene rings is 2. The minimum atomic E-state index is -0.0636. The minimum Gasteiger partial charge on any atom is -0.497 e. The molecular weight excluding hydrogens is 280 g/mol. The summed E-state index contributed by atoms with van der Waals surface area (Å²) in [6, 6.07) is 13.2. The van der Waals surface area contributed by atoms with Crippen LogP contribution in [-0.2, 0) is 0 Å². The molecular formula is C18H20O4. The highest BCUT2D eigenvalue weighted by molar-refractivity contribution is 5.82. The minimum absolute atomic E-state index is 0.0636. The Hall–Kier alpha value is -2.46. The molecule has 1 N–H and O–H groups in total. The van der Waals surface area contributed by atoms with Gasteiger partial charge in [0.25, 0.3) is 0 Å². The number of methoxy groups -OCH3 is 3. The van der Waals surface area contributed by atoms with Crippen LogP contribution in [0.4, 0.5) is 0 Å². The van der Waals surface area contributed by atoms with E-state index in [1.165, 1.54) is 0 Å². The van der Waals surface area contributed by atoms with E-state index in [-0.39, 0.29) is 6.61 Å². The number of rotatable bonds is 6. The second kappa shape index (κ2) is 7.52. The summed E-state index contributed by atoms with van der Waals surface area (Å²) in [5.74, 6) is 2.19. The molecule has 0 saturated heterocycles. The van der Waals surface area contributed by atoms with E-state index in [2.05, 4.69) is 0 Å². The van der Waals surface area contributed by atoms with Gasteiger partial charge < -0.3 is 19.3 Å². The normalized spacial score (nSPS) is 11.2. The molecule has 4 heteroatoms. The average Bonchev–Trinajstić information content (AvgIpc) is 2.59. The Kier molecular flexibility index (Phi) is 5.44. The zero-order valence-electron chi connectivity index (χ0n) is 13.0. The second-order valence-corrected chi connectivity index (χ2v) is 4.70. The number of hydrogen-bond donors (Lipinski definition) is 1. The lowest BCUT2D eigenvalue weighted by atomic mass is 10.0. The Balaban J connectivity index is 2.38. The summed E-state index contributed by atoms with van der Waals surface area (Å²) in [4.78, 5) is 0. The van der Waals surface area contributed by atoms with Gasteiger partial charge in [0.1, 0.15) is 17.2 Å². The highest BCUT2D eigenvalue weighted by Crippen LogP contribution is 2.26. The van der Waals surface area contributed by atoms with Crippen molar-refractivity contribution in [3.63, 3.8) is 0 Å². The molecule has 0 spiro atoms. The SMILES string of the molecule is COc1ccc(/C(=C\c2cc(OC)cc(OC)c2)CO)cc1. The van der Waals surface area contributed by atoms with Crippen molar-refractivity contribution in [3.8, 4) is 17.2 Å². The highest BCUT2D eigenvalue weighted by atomic mass is 16.5. The zero-order chi connectivity index (χ0) is 15.9. The molecule has 4 nitrogen and oxygen atoms in total. The molecule has 0 bridgehead atoms. The third-order valence-corrected chi connectivity index (χ3v) is 3.35. The van der Waals surface area contributed by atoms with Gasteiger partial charge in [0.05, 0.1) is 27.9 Å². The molecule has 2 aromatic rings. The van der Waals surface area contributed by atoms with Crippen molar-refractivity contribution in [3.05, 3.63) is 53.6 Å². The standard InChI is InChI=1S/C18H20O4/c1-20-16-6-4-14(5-7-16)15(12-19)8-13-9-17(21-2)11-18(10-13)22-3/h4-11,19H,12H2,1-3H3/b15-8-. The van der Waals surface area contributed by atoms with Gasteiger partial charge >= 0.3 is 0 Å². The molecule has 0 radical (unpaired) electrons. The largest absolute Gasteiger partial charge is 0.497 e. The van der Waals surface area contributed by atoms with E-state index in [9.17, 15) is 5.11 Å². The molecule has 0 saturated carbocycles. The number of aliphatic hydroxyl groups is 1. The predicted octanol–water partition coefficient (Wildman–Crippen LogP) is 3.25. The van der Waals surface area contributed by atoms with Gasteiger partial charge in [0.15, 0.2) is 0 Å². The van der Waals surface area contributed by atoms with Crippen LogP contribution < -0.4 is 14.2 Å². The van der Waals surface area contributed by atoms with Crippen molar-refractivity contribution in [2.24, 2.45) is 0 Å². The maximum absolute atomic E-state index is 9.66. The molecule has 0 fully saturated rings. The lowest BCUT2D eigenvalue weighted by Crippen LogP contribution is -1.93. The molecule has 2 rings (SSSR count). The maximum Gasteiger partial charge on any atom is 0.123 e. The Morgan fingerprint density at radius 2 is 1.41 bits per heavy atom. The first kappa shape index (κ1) is 15.9. The van der Waals surface area contributed by atoms with Crippen LogP contribution in [0.2, 0.25) is 0 Å². The maximum atomic E-state index is 9.66. The van der Waals surface area contributed by atoms with Gasteiger partial charge in [0.2, 0.25) is 0 Å². The van der Waals surface area contributed by atoms with E-state index < -0.39 is 0 Å². The van der Waals surface area contributed by atoms with Crippen LogP contribution in [0, 0.1) is 0 Å². The Morgan fingerprint density at radius 1 is 0.864 bits per heavy atom. The molecule has 0 amide bonds. The molecule has 22 heavy (non-hydrogen) atoms. The summed E-state index contributed by atoms with van der Waals surface area (Å²) in [6.45, 7) is -0.0636. The quantitative estimate of drug-likeness (QED) is 0.832. The summed E-state index contributed by atoms with van der Waals surface area (Å²) in [6.07, 6.45) is 1.91. The Morgan fingerprint density at radius 3 is 1.86 bits per heavy atom. The van der Waals surface area contributed by atoms with E-state index in [4.69, 9.17) is 14.2 Å². The van der Waals surface area contributed by atoms with Gasteiger partial charge in [-0.2, -0.15) is 0 Å². The van der Waals surface area contributed by atoms with E-state index in [0.717, 1.165) is 22.4 Å². The first-order chi connectivity index (χ1) is 10.7. The van der Waals surface area contributed by atoms with E-state index in [1.807, 2.05) is 48.5 Å². The Bertz CT molecular complexity index is 622. The summed E-state index contributed by atoms with van der Waals surface area (Å²) in [7, 11) is 4.84.